The monoisotopic (exact) mass is 327 g/mol. The topological polar surface area (TPSA) is 85.1 Å². The van der Waals surface area contributed by atoms with Gasteiger partial charge in [-0.3, -0.25) is 0 Å². The average molecular weight is 327 g/mol. The van der Waals surface area contributed by atoms with Crippen molar-refractivity contribution in [1.29, 1.82) is 5.26 Å². The van der Waals surface area contributed by atoms with Crippen molar-refractivity contribution < 1.29 is 18.7 Å². The van der Waals surface area contributed by atoms with Gasteiger partial charge in [0.25, 0.3) is 5.88 Å². The van der Waals surface area contributed by atoms with Crippen LogP contribution in [0.4, 0.5) is 4.39 Å². The Morgan fingerprint density at radius 2 is 2.08 bits per heavy atom. The number of hydrogen-bond donors (Lipinski definition) is 0. The van der Waals surface area contributed by atoms with Crippen molar-refractivity contribution in [3.63, 3.8) is 0 Å². The van der Waals surface area contributed by atoms with Crippen LogP contribution >= 0.6 is 0 Å². The van der Waals surface area contributed by atoms with E-state index in [1.165, 1.54) is 0 Å². The molecule has 24 heavy (non-hydrogen) atoms. The number of benzene rings is 1. The minimum absolute atomic E-state index is 0.0311. The smallest absolute Gasteiger partial charge is 0.338 e. The molecule has 1 aliphatic rings. The van der Waals surface area contributed by atoms with Crippen LogP contribution in [0, 0.1) is 23.2 Å². The summed E-state index contributed by atoms with van der Waals surface area (Å²) in [7, 11) is 0. The van der Waals surface area contributed by atoms with Crippen LogP contribution < -0.4 is 4.74 Å². The Balaban J connectivity index is 1.45. The largest absolute Gasteiger partial charge is 0.472 e. The lowest BCUT2D eigenvalue weighted by molar-refractivity contribution is 0.00464. The van der Waals surface area contributed by atoms with Crippen molar-refractivity contribution in [2.75, 3.05) is 6.61 Å². The van der Waals surface area contributed by atoms with Gasteiger partial charge in [0, 0.05) is 5.92 Å². The molecule has 2 aromatic rings. The number of carbonyl (C=O) groups excluding carboxylic acids is 1. The highest BCUT2D eigenvalue weighted by Crippen LogP contribution is 2.31. The van der Waals surface area contributed by atoms with Gasteiger partial charge in [0.15, 0.2) is 0 Å². The van der Waals surface area contributed by atoms with Crippen LogP contribution in [0.1, 0.15) is 28.9 Å². The van der Waals surface area contributed by atoms with Crippen LogP contribution in [0.15, 0.2) is 36.5 Å². The predicted octanol–water partition coefficient (Wildman–Crippen LogP) is 2.50. The van der Waals surface area contributed by atoms with Gasteiger partial charge in [-0.25, -0.2) is 14.8 Å². The predicted molar refractivity (Wildman–Crippen MR) is 80.6 cm³/mol. The summed E-state index contributed by atoms with van der Waals surface area (Å²) in [5, 5.41) is 8.90. The number of nitriles is 1. The Kier molecular flexibility index (Phi) is 4.66. The van der Waals surface area contributed by atoms with Gasteiger partial charge in [0.2, 0.25) is 11.6 Å². The second-order valence-corrected chi connectivity index (χ2v) is 5.50. The van der Waals surface area contributed by atoms with E-state index in [4.69, 9.17) is 14.7 Å². The van der Waals surface area contributed by atoms with E-state index in [2.05, 4.69) is 9.97 Å². The molecule has 122 valence electrons. The number of carbonyl (C=O) groups is 1. The molecule has 0 bridgehead atoms. The second kappa shape index (κ2) is 7.04. The van der Waals surface area contributed by atoms with Crippen molar-refractivity contribution in [2.24, 2.45) is 5.92 Å². The fourth-order valence-corrected chi connectivity index (χ4v) is 2.43. The molecule has 0 aliphatic heterocycles. The Bertz CT molecular complexity index is 770. The Labute approximate surface area is 137 Å². The standard InChI is InChI=1S/C17H14FN3O3/c18-15-9-20-16(14(8-19)21-15)24-13-6-11(7-13)10-23-17(22)12-4-2-1-3-5-12/h1-5,9,11,13H,6-7,10H2. The molecule has 1 saturated carbocycles. The van der Waals surface area contributed by atoms with Crippen LogP contribution in [-0.4, -0.2) is 28.6 Å². The van der Waals surface area contributed by atoms with Gasteiger partial charge in [-0.1, -0.05) is 18.2 Å². The van der Waals surface area contributed by atoms with E-state index in [0.717, 1.165) is 6.20 Å². The molecular formula is C17H14FN3O3. The molecule has 6 nitrogen and oxygen atoms in total. The normalized spacial score (nSPS) is 19.0. The van der Waals surface area contributed by atoms with Gasteiger partial charge in [-0.05, 0) is 25.0 Å². The van der Waals surface area contributed by atoms with Crippen molar-refractivity contribution >= 4 is 5.97 Å². The van der Waals surface area contributed by atoms with Gasteiger partial charge < -0.3 is 9.47 Å². The number of hydrogen-bond acceptors (Lipinski definition) is 6. The highest BCUT2D eigenvalue weighted by atomic mass is 19.1. The van der Waals surface area contributed by atoms with Crippen LogP contribution in [0.5, 0.6) is 5.88 Å². The average Bonchev–Trinajstić information content (AvgIpc) is 2.58. The molecule has 1 heterocycles. The molecule has 1 aromatic carbocycles. The summed E-state index contributed by atoms with van der Waals surface area (Å²) in [6.45, 7) is 0.313. The first-order valence-corrected chi connectivity index (χ1v) is 7.47. The maximum absolute atomic E-state index is 12.9. The van der Waals surface area contributed by atoms with E-state index in [1.807, 2.05) is 6.07 Å². The lowest BCUT2D eigenvalue weighted by Crippen LogP contribution is -2.37. The minimum atomic E-state index is -0.821. The molecule has 0 saturated heterocycles. The summed E-state index contributed by atoms with van der Waals surface area (Å²) in [5.74, 6) is -0.945. The first kappa shape index (κ1) is 15.9. The molecule has 0 spiro atoms. The van der Waals surface area contributed by atoms with E-state index in [1.54, 1.807) is 30.3 Å². The number of esters is 1. The van der Waals surface area contributed by atoms with Gasteiger partial charge >= 0.3 is 5.97 Å². The highest BCUT2D eigenvalue weighted by molar-refractivity contribution is 5.89. The molecule has 1 fully saturated rings. The van der Waals surface area contributed by atoms with Crippen LogP contribution in [-0.2, 0) is 4.74 Å². The number of nitrogens with zero attached hydrogens (tertiary/aromatic N) is 3. The van der Waals surface area contributed by atoms with Crippen LogP contribution in [0.25, 0.3) is 0 Å². The third-order valence-corrected chi connectivity index (χ3v) is 3.75. The van der Waals surface area contributed by atoms with Crippen molar-refractivity contribution in [2.45, 2.75) is 18.9 Å². The highest BCUT2D eigenvalue weighted by Gasteiger charge is 2.33. The molecule has 0 amide bonds. The summed E-state index contributed by atoms with van der Waals surface area (Å²) in [6.07, 6.45) is 2.11. The molecule has 7 heteroatoms. The van der Waals surface area contributed by atoms with Crippen molar-refractivity contribution in [1.82, 2.24) is 9.97 Å². The maximum atomic E-state index is 12.9. The Hall–Kier alpha value is -3.01. The van der Waals surface area contributed by atoms with Crippen molar-refractivity contribution in [3.05, 3.63) is 53.7 Å². The van der Waals surface area contributed by atoms with Gasteiger partial charge in [0.05, 0.1) is 18.4 Å². The molecule has 1 aliphatic carbocycles. The summed E-state index contributed by atoms with van der Waals surface area (Å²) < 4.78 is 23.7. The van der Waals surface area contributed by atoms with Gasteiger partial charge in [-0.2, -0.15) is 9.65 Å². The van der Waals surface area contributed by atoms with E-state index >= 15 is 0 Å². The zero-order valence-corrected chi connectivity index (χ0v) is 12.7. The Morgan fingerprint density at radius 1 is 1.33 bits per heavy atom. The SMILES string of the molecule is N#Cc1nc(F)cnc1OC1CC(COC(=O)c2ccccc2)C1. The minimum Gasteiger partial charge on any atom is -0.472 e. The summed E-state index contributed by atoms with van der Waals surface area (Å²) in [5.41, 5.74) is 0.346. The molecule has 3 rings (SSSR count). The molecule has 1 aromatic heterocycles. The lowest BCUT2D eigenvalue weighted by atomic mass is 9.83. The molecule has 0 unspecified atom stereocenters. The van der Waals surface area contributed by atoms with Gasteiger partial charge in [-0.15, -0.1) is 0 Å². The van der Waals surface area contributed by atoms with Crippen molar-refractivity contribution in [3.8, 4) is 11.9 Å². The third kappa shape index (κ3) is 3.66. The number of ether oxygens (including phenoxy) is 2. The van der Waals surface area contributed by atoms with E-state index in [0.29, 0.717) is 25.0 Å². The van der Waals surface area contributed by atoms with E-state index in [-0.39, 0.29) is 29.6 Å². The fourth-order valence-electron chi connectivity index (χ4n) is 2.43. The van der Waals surface area contributed by atoms with Crippen LogP contribution in [0.3, 0.4) is 0 Å². The third-order valence-electron chi connectivity index (χ3n) is 3.75. The molecule has 0 radical (unpaired) electrons. The van der Waals surface area contributed by atoms with Crippen LogP contribution in [0.2, 0.25) is 0 Å². The van der Waals surface area contributed by atoms with E-state index in [9.17, 15) is 9.18 Å². The van der Waals surface area contributed by atoms with Gasteiger partial charge in [0.1, 0.15) is 12.2 Å². The first-order valence-electron chi connectivity index (χ1n) is 7.47. The summed E-state index contributed by atoms with van der Waals surface area (Å²) in [4.78, 5) is 19.0. The Morgan fingerprint density at radius 3 is 2.79 bits per heavy atom. The number of rotatable bonds is 5. The fraction of sp³-hybridized carbons (Fsp3) is 0.294. The maximum Gasteiger partial charge on any atom is 0.338 e. The van der Waals surface area contributed by atoms with E-state index < -0.39 is 5.95 Å². The lowest BCUT2D eigenvalue weighted by Gasteiger charge is -2.34. The first-order chi connectivity index (χ1) is 11.7. The zero-order valence-electron chi connectivity index (χ0n) is 12.7. The summed E-state index contributed by atoms with van der Waals surface area (Å²) >= 11 is 0. The molecule has 0 atom stereocenters. The summed E-state index contributed by atoms with van der Waals surface area (Å²) in [6, 6.07) is 10.5. The quantitative estimate of drug-likeness (QED) is 0.784. The number of halogens is 1. The number of aromatic nitrogens is 2. The second-order valence-electron chi connectivity index (χ2n) is 5.50. The molecule has 0 N–H and O–H groups in total. The molecular weight excluding hydrogens is 313 g/mol. The zero-order chi connectivity index (χ0) is 16.9.